The van der Waals surface area contributed by atoms with Crippen LogP contribution in [-0.2, 0) is 7.05 Å². The van der Waals surface area contributed by atoms with Crippen LogP contribution < -0.4 is 0 Å². The molecule has 0 bridgehead atoms. The Bertz CT molecular complexity index is 448. The van der Waals surface area contributed by atoms with Crippen molar-refractivity contribution in [1.29, 1.82) is 0 Å². The molecule has 0 unspecified atom stereocenters. The van der Waals surface area contributed by atoms with Gasteiger partial charge >= 0.3 is 0 Å². The molecule has 0 atom stereocenters. The van der Waals surface area contributed by atoms with Crippen LogP contribution in [0.15, 0.2) is 24.5 Å². The van der Waals surface area contributed by atoms with Gasteiger partial charge in [-0.05, 0) is 19.1 Å². The summed E-state index contributed by atoms with van der Waals surface area (Å²) in [5.74, 6) is 0. The lowest BCUT2D eigenvalue weighted by atomic mass is 10.2. The van der Waals surface area contributed by atoms with Crippen LogP contribution in [0.5, 0.6) is 0 Å². The molecule has 0 amide bonds. The molecule has 3 nitrogen and oxygen atoms in total. The second-order valence-corrected chi connectivity index (χ2v) is 3.49. The average molecular weight is 208 g/mol. The Morgan fingerprint density at radius 1 is 1.43 bits per heavy atom. The normalized spacial score (nSPS) is 10.5. The zero-order chi connectivity index (χ0) is 10.1. The number of halogens is 1. The van der Waals surface area contributed by atoms with E-state index in [-0.39, 0.29) is 0 Å². The first-order valence-electron chi connectivity index (χ1n) is 4.29. The zero-order valence-electron chi connectivity index (χ0n) is 8.03. The summed E-state index contributed by atoms with van der Waals surface area (Å²) >= 11 is 6.14. The van der Waals surface area contributed by atoms with Crippen LogP contribution in [0.25, 0.3) is 11.3 Å². The molecule has 2 aromatic heterocycles. The van der Waals surface area contributed by atoms with Crippen molar-refractivity contribution >= 4 is 11.6 Å². The third-order valence-corrected chi connectivity index (χ3v) is 2.54. The summed E-state index contributed by atoms with van der Waals surface area (Å²) in [5, 5.41) is 4.94. The van der Waals surface area contributed by atoms with E-state index in [0.717, 1.165) is 17.0 Å². The van der Waals surface area contributed by atoms with Gasteiger partial charge in [0.15, 0.2) is 0 Å². The fraction of sp³-hybridized carbons (Fsp3) is 0.200. The summed E-state index contributed by atoms with van der Waals surface area (Å²) in [6.45, 7) is 1.89. The predicted molar refractivity (Wildman–Crippen MR) is 56.2 cm³/mol. The molecule has 0 radical (unpaired) electrons. The average Bonchev–Trinajstić information content (AvgIpc) is 2.43. The van der Waals surface area contributed by atoms with Crippen LogP contribution in [0, 0.1) is 6.92 Å². The van der Waals surface area contributed by atoms with E-state index in [4.69, 9.17) is 11.6 Å². The first-order valence-corrected chi connectivity index (χ1v) is 4.67. The van der Waals surface area contributed by atoms with Gasteiger partial charge in [0.2, 0.25) is 0 Å². The Morgan fingerprint density at radius 2 is 2.21 bits per heavy atom. The molecule has 4 heteroatoms. The number of pyridine rings is 1. The molecule has 0 aliphatic heterocycles. The summed E-state index contributed by atoms with van der Waals surface area (Å²) in [5.41, 5.74) is 2.74. The van der Waals surface area contributed by atoms with Crippen LogP contribution >= 0.6 is 11.6 Å². The van der Waals surface area contributed by atoms with Gasteiger partial charge in [-0.2, -0.15) is 5.10 Å². The van der Waals surface area contributed by atoms with Gasteiger partial charge in [0.1, 0.15) is 0 Å². The van der Waals surface area contributed by atoms with Crippen molar-refractivity contribution in [3.63, 3.8) is 0 Å². The molecule has 0 aliphatic carbocycles. The molecule has 0 saturated heterocycles. The van der Waals surface area contributed by atoms with Crippen LogP contribution in [0.3, 0.4) is 0 Å². The van der Waals surface area contributed by atoms with Crippen LogP contribution in [0.1, 0.15) is 5.69 Å². The van der Waals surface area contributed by atoms with E-state index in [9.17, 15) is 0 Å². The Labute approximate surface area is 87.3 Å². The van der Waals surface area contributed by atoms with Gasteiger partial charge in [-0.25, -0.2) is 0 Å². The standard InChI is InChI=1S/C10H10ClN3/c1-7-9(11)10(14(2)13-7)8-4-3-5-12-6-8/h3-6H,1-2H3. The summed E-state index contributed by atoms with van der Waals surface area (Å²) < 4.78 is 1.77. The predicted octanol–water partition coefficient (Wildman–Crippen LogP) is 2.44. The quantitative estimate of drug-likeness (QED) is 0.719. The molecular formula is C10H10ClN3. The third-order valence-electron chi connectivity index (χ3n) is 2.08. The van der Waals surface area contributed by atoms with Gasteiger partial charge in [0, 0.05) is 25.0 Å². The number of aryl methyl sites for hydroxylation is 2. The van der Waals surface area contributed by atoms with E-state index in [2.05, 4.69) is 10.1 Å². The molecule has 0 N–H and O–H groups in total. The van der Waals surface area contributed by atoms with Crippen molar-refractivity contribution in [2.45, 2.75) is 6.92 Å². The van der Waals surface area contributed by atoms with Crippen molar-refractivity contribution in [3.05, 3.63) is 35.2 Å². The molecular weight excluding hydrogens is 198 g/mol. The first kappa shape index (κ1) is 9.21. The maximum Gasteiger partial charge on any atom is 0.0895 e. The Hall–Kier alpha value is -1.35. The third kappa shape index (κ3) is 1.40. The summed E-state index contributed by atoms with van der Waals surface area (Å²) in [6.07, 6.45) is 3.52. The molecule has 2 aromatic rings. The maximum atomic E-state index is 6.14. The number of hydrogen-bond donors (Lipinski definition) is 0. The monoisotopic (exact) mass is 207 g/mol. The van der Waals surface area contributed by atoms with Gasteiger partial charge in [0.05, 0.1) is 16.4 Å². The smallest absolute Gasteiger partial charge is 0.0895 e. The summed E-state index contributed by atoms with van der Waals surface area (Å²) in [7, 11) is 1.88. The highest BCUT2D eigenvalue weighted by molar-refractivity contribution is 6.33. The number of aromatic nitrogens is 3. The van der Waals surface area contributed by atoms with Crippen LogP contribution in [0.2, 0.25) is 5.02 Å². The first-order chi connectivity index (χ1) is 6.70. The highest BCUT2D eigenvalue weighted by Crippen LogP contribution is 2.28. The lowest BCUT2D eigenvalue weighted by Gasteiger charge is -2.01. The fourth-order valence-corrected chi connectivity index (χ4v) is 1.72. The number of rotatable bonds is 1. The molecule has 0 aliphatic rings. The SMILES string of the molecule is Cc1nn(C)c(-c2cccnc2)c1Cl. The largest absolute Gasteiger partial charge is 0.266 e. The lowest BCUT2D eigenvalue weighted by Crippen LogP contribution is -1.93. The van der Waals surface area contributed by atoms with Gasteiger partial charge in [-0.3, -0.25) is 9.67 Å². The minimum Gasteiger partial charge on any atom is -0.266 e. The molecule has 2 rings (SSSR count). The molecule has 0 fully saturated rings. The number of hydrogen-bond acceptors (Lipinski definition) is 2. The van der Waals surface area contributed by atoms with E-state index in [1.165, 1.54) is 0 Å². The van der Waals surface area contributed by atoms with E-state index >= 15 is 0 Å². The lowest BCUT2D eigenvalue weighted by molar-refractivity contribution is 0.764. The highest BCUT2D eigenvalue weighted by Gasteiger charge is 2.12. The van der Waals surface area contributed by atoms with Gasteiger partial charge < -0.3 is 0 Å². The van der Waals surface area contributed by atoms with Crippen molar-refractivity contribution in [2.24, 2.45) is 7.05 Å². The number of nitrogens with zero attached hydrogens (tertiary/aromatic N) is 3. The maximum absolute atomic E-state index is 6.14. The van der Waals surface area contributed by atoms with Gasteiger partial charge in [0.25, 0.3) is 0 Å². The van der Waals surface area contributed by atoms with E-state index < -0.39 is 0 Å². The topological polar surface area (TPSA) is 30.7 Å². The van der Waals surface area contributed by atoms with Gasteiger partial charge in [-0.1, -0.05) is 11.6 Å². The second kappa shape index (κ2) is 3.42. The van der Waals surface area contributed by atoms with Crippen LogP contribution in [0.4, 0.5) is 0 Å². The molecule has 0 spiro atoms. The Balaban J connectivity index is 2.62. The van der Waals surface area contributed by atoms with Crippen molar-refractivity contribution in [1.82, 2.24) is 14.8 Å². The van der Waals surface area contributed by atoms with Crippen LogP contribution in [-0.4, -0.2) is 14.8 Å². The molecule has 14 heavy (non-hydrogen) atoms. The zero-order valence-corrected chi connectivity index (χ0v) is 8.78. The molecule has 0 saturated carbocycles. The van der Waals surface area contributed by atoms with Crippen molar-refractivity contribution < 1.29 is 0 Å². The molecule has 0 aromatic carbocycles. The fourth-order valence-electron chi connectivity index (χ4n) is 1.45. The summed E-state index contributed by atoms with van der Waals surface area (Å²) in [6, 6.07) is 3.85. The summed E-state index contributed by atoms with van der Waals surface area (Å²) in [4.78, 5) is 4.05. The van der Waals surface area contributed by atoms with Gasteiger partial charge in [-0.15, -0.1) is 0 Å². The van der Waals surface area contributed by atoms with E-state index in [1.54, 1.807) is 17.1 Å². The molecule has 72 valence electrons. The Morgan fingerprint density at radius 3 is 2.71 bits per heavy atom. The minimum absolute atomic E-state index is 0.695. The van der Waals surface area contributed by atoms with E-state index in [0.29, 0.717) is 5.02 Å². The minimum atomic E-state index is 0.695. The van der Waals surface area contributed by atoms with Crippen molar-refractivity contribution in [3.8, 4) is 11.3 Å². The second-order valence-electron chi connectivity index (χ2n) is 3.11. The highest BCUT2D eigenvalue weighted by atomic mass is 35.5. The Kier molecular flexibility index (Phi) is 2.25. The van der Waals surface area contributed by atoms with E-state index in [1.807, 2.05) is 26.1 Å². The van der Waals surface area contributed by atoms with Crippen molar-refractivity contribution in [2.75, 3.05) is 0 Å². The molecule has 2 heterocycles.